The maximum Gasteiger partial charge on any atom is 0.268 e. The van der Waals surface area contributed by atoms with Crippen LogP contribution in [0.25, 0.3) is 21.3 Å². The smallest absolute Gasteiger partial charge is 0.268 e. The van der Waals surface area contributed by atoms with Crippen LogP contribution in [0.4, 0.5) is 5.69 Å². The molecule has 0 bridgehead atoms. The average molecular weight is 397 g/mol. The van der Waals surface area contributed by atoms with Gasteiger partial charge in [0.1, 0.15) is 5.69 Å². The van der Waals surface area contributed by atoms with Gasteiger partial charge in [-0.2, -0.15) is 0 Å². The van der Waals surface area contributed by atoms with Crippen LogP contribution >= 0.6 is 11.6 Å². The maximum absolute atomic E-state index is 12.7. The molecule has 7 nitrogen and oxygen atoms in total. The number of benzene rings is 2. The minimum atomic E-state index is -0.236. The number of hydrogen-bond acceptors (Lipinski definition) is 3. The summed E-state index contributed by atoms with van der Waals surface area (Å²) in [4.78, 5) is 20.7. The van der Waals surface area contributed by atoms with Crippen LogP contribution in [0.2, 0.25) is 5.02 Å². The van der Waals surface area contributed by atoms with E-state index < -0.39 is 0 Å². The summed E-state index contributed by atoms with van der Waals surface area (Å²) in [6, 6.07) is 13.5. The number of amides is 1. The molecule has 0 saturated heterocycles. The van der Waals surface area contributed by atoms with Gasteiger partial charge in [0.2, 0.25) is 0 Å². The van der Waals surface area contributed by atoms with Crippen molar-refractivity contribution in [2.75, 3.05) is 25.5 Å². The molecule has 144 valence electrons. The van der Waals surface area contributed by atoms with Gasteiger partial charge >= 0.3 is 0 Å². The summed E-state index contributed by atoms with van der Waals surface area (Å²) in [6.45, 7) is 0.572. The van der Waals surface area contributed by atoms with Gasteiger partial charge in [-0.05, 0) is 53.4 Å². The van der Waals surface area contributed by atoms with Crippen molar-refractivity contribution in [1.82, 2.24) is 10.3 Å². The number of aromatic amines is 1. The number of aromatic nitrogens is 1. The quantitative estimate of drug-likeness (QED) is 0.344. The van der Waals surface area contributed by atoms with Gasteiger partial charge in [0, 0.05) is 47.2 Å². The second-order valence-corrected chi connectivity index (χ2v) is 7.06. The van der Waals surface area contributed by atoms with Crippen LogP contribution in [0.3, 0.4) is 0 Å². The van der Waals surface area contributed by atoms with E-state index in [1.165, 1.54) is 0 Å². The lowest BCUT2D eigenvalue weighted by atomic mass is 10.1. The summed E-state index contributed by atoms with van der Waals surface area (Å²) in [5.41, 5.74) is 12.7. The SMILES string of the molecule is CN(C)c1ccc(CCNC(=O)c2[nH]c3ccc(Cl)cc3c2CN=[N+]=[N-])cc1. The lowest BCUT2D eigenvalue weighted by Gasteiger charge is -2.12. The Kier molecular flexibility index (Phi) is 6.09. The Labute approximate surface area is 167 Å². The molecule has 0 unspecified atom stereocenters. The lowest BCUT2D eigenvalue weighted by Crippen LogP contribution is -2.26. The Hall–Kier alpha value is -3.15. The fourth-order valence-electron chi connectivity index (χ4n) is 3.05. The predicted molar refractivity (Wildman–Crippen MR) is 113 cm³/mol. The highest BCUT2D eigenvalue weighted by atomic mass is 35.5. The molecule has 8 heteroatoms. The van der Waals surface area contributed by atoms with Crippen LogP contribution < -0.4 is 10.2 Å². The second-order valence-electron chi connectivity index (χ2n) is 6.62. The molecule has 1 aromatic heterocycles. The Morgan fingerprint density at radius 3 is 2.68 bits per heavy atom. The van der Waals surface area contributed by atoms with Crippen LogP contribution in [0.1, 0.15) is 21.6 Å². The third-order valence-corrected chi connectivity index (χ3v) is 4.77. The monoisotopic (exact) mass is 396 g/mol. The first-order valence-corrected chi connectivity index (χ1v) is 9.23. The van der Waals surface area contributed by atoms with Gasteiger partial charge in [-0.15, -0.1) is 0 Å². The molecule has 3 rings (SSSR count). The van der Waals surface area contributed by atoms with Gasteiger partial charge in [-0.1, -0.05) is 28.8 Å². The first-order valence-electron chi connectivity index (χ1n) is 8.85. The molecule has 0 spiro atoms. The number of hydrogen-bond donors (Lipinski definition) is 2. The molecule has 0 atom stereocenters. The van der Waals surface area contributed by atoms with Crippen molar-refractivity contribution >= 4 is 34.1 Å². The van der Waals surface area contributed by atoms with E-state index >= 15 is 0 Å². The summed E-state index contributed by atoms with van der Waals surface area (Å²) < 4.78 is 0. The molecular weight excluding hydrogens is 376 g/mol. The maximum atomic E-state index is 12.7. The average Bonchev–Trinajstić information content (AvgIpc) is 3.04. The number of nitrogens with zero attached hydrogens (tertiary/aromatic N) is 4. The van der Waals surface area contributed by atoms with Crippen molar-refractivity contribution in [2.24, 2.45) is 5.11 Å². The van der Waals surface area contributed by atoms with Crippen molar-refractivity contribution in [2.45, 2.75) is 13.0 Å². The standard InChI is InChI=1S/C20H21ClN6O/c1-27(2)15-6-3-13(4-7-15)9-10-23-20(28)19-17(12-24-26-22)16-11-14(21)5-8-18(16)25-19/h3-8,11,25H,9-10,12H2,1-2H3,(H,23,28). The van der Waals surface area contributed by atoms with Gasteiger partial charge in [-0.3, -0.25) is 4.79 Å². The zero-order chi connectivity index (χ0) is 20.1. The molecular formula is C20H21ClN6O. The molecule has 2 N–H and O–H groups in total. The molecule has 1 heterocycles. The third kappa shape index (κ3) is 4.39. The first kappa shape index (κ1) is 19.6. The Bertz CT molecular complexity index is 1030. The molecule has 3 aromatic rings. The second kappa shape index (κ2) is 8.69. The van der Waals surface area contributed by atoms with Gasteiger partial charge in [0.05, 0.1) is 6.54 Å². The van der Waals surface area contributed by atoms with E-state index in [1.54, 1.807) is 18.2 Å². The van der Waals surface area contributed by atoms with Crippen molar-refractivity contribution in [1.29, 1.82) is 0 Å². The van der Waals surface area contributed by atoms with Gasteiger partial charge in [0.25, 0.3) is 5.91 Å². The fourth-order valence-corrected chi connectivity index (χ4v) is 3.22. The van der Waals surface area contributed by atoms with Crippen LogP contribution in [0.15, 0.2) is 47.6 Å². The number of rotatable bonds is 7. The molecule has 0 fully saturated rings. The zero-order valence-corrected chi connectivity index (χ0v) is 16.5. The van der Waals surface area contributed by atoms with Crippen LogP contribution in [0, 0.1) is 0 Å². The summed E-state index contributed by atoms with van der Waals surface area (Å²) in [5, 5.41) is 7.89. The number of anilines is 1. The van der Waals surface area contributed by atoms with Gasteiger partial charge < -0.3 is 15.2 Å². The van der Waals surface area contributed by atoms with Gasteiger partial charge in [-0.25, -0.2) is 0 Å². The molecule has 0 aliphatic rings. The van der Waals surface area contributed by atoms with Crippen LogP contribution in [0.5, 0.6) is 0 Å². The van der Waals surface area contributed by atoms with Crippen molar-refractivity contribution in [3.8, 4) is 0 Å². The third-order valence-electron chi connectivity index (χ3n) is 4.54. The number of halogens is 1. The minimum absolute atomic E-state index is 0.0750. The molecule has 0 aliphatic carbocycles. The predicted octanol–water partition coefficient (Wildman–Crippen LogP) is 4.67. The van der Waals surface area contributed by atoms with E-state index in [2.05, 4.69) is 44.6 Å². The van der Waals surface area contributed by atoms with E-state index in [4.69, 9.17) is 17.1 Å². The van der Waals surface area contributed by atoms with Crippen molar-refractivity contribution in [3.05, 3.63) is 74.8 Å². The normalized spacial score (nSPS) is 10.5. The number of carbonyl (C=O) groups excluding carboxylic acids is 1. The molecule has 1 amide bonds. The largest absolute Gasteiger partial charge is 0.378 e. The topological polar surface area (TPSA) is 96.9 Å². The van der Waals surface area contributed by atoms with E-state index in [-0.39, 0.29) is 12.5 Å². The fraction of sp³-hybridized carbons (Fsp3) is 0.250. The Morgan fingerprint density at radius 1 is 1.25 bits per heavy atom. The van der Waals surface area contributed by atoms with Crippen LogP contribution in [-0.2, 0) is 13.0 Å². The van der Waals surface area contributed by atoms with E-state index in [9.17, 15) is 4.79 Å². The molecule has 0 saturated carbocycles. The highest BCUT2D eigenvalue weighted by molar-refractivity contribution is 6.31. The molecule has 0 radical (unpaired) electrons. The van der Waals surface area contributed by atoms with E-state index in [0.29, 0.717) is 22.8 Å². The molecule has 0 aliphatic heterocycles. The number of azide groups is 1. The highest BCUT2D eigenvalue weighted by Crippen LogP contribution is 2.26. The van der Waals surface area contributed by atoms with E-state index in [0.717, 1.165) is 28.6 Å². The first-order chi connectivity index (χ1) is 13.5. The van der Waals surface area contributed by atoms with Crippen molar-refractivity contribution < 1.29 is 4.79 Å². The Morgan fingerprint density at radius 2 is 2.00 bits per heavy atom. The number of H-pyrrole nitrogens is 1. The highest BCUT2D eigenvalue weighted by Gasteiger charge is 2.17. The molecule has 2 aromatic carbocycles. The van der Waals surface area contributed by atoms with Crippen molar-refractivity contribution in [3.63, 3.8) is 0 Å². The van der Waals surface area contributed by atoms with Gasteiger partial charge in [0.15, 0.2) is 0 Å². The summed E-state index contributed by atoms with van der Waals surface area (Å²) in [7, 11) is 3.99. The number of nitrogens with one attached hydrogen (secondary N) is 2. The lowest BCUT2D eigenvalue weighted by molar-refractivity contribution is 0.0949. The summed E-state index contributed by atoms with van der Waals surface area (Å²) in [5.74, 6) is -0.236. The summed E-state index contributed by atoms with van der Waals surface area (Å²) >= 11 is 6.07. The van der Waals surface area contributed by atoms with E-state index in [1.807, 2.05) is 19.0 Å². The zero-order valence-electron chi connectivity index (χ0n) is 15.7. The van der Waals surface area contributed by atoms with Crippen LogP contribution in [-0.4, -0.2) is 31.5 Å². The number of carbonyl (C=O) groups is 1. The molecule has 28 heavy (non-hydrogen) atoms. The minimum Gasteiger partial charge on any atom is -0.378 e. The number of fused-ring (bicyclic) bond motifs is 1. The Balaban J connectivity index is 1.73. The summed E-state index contributed by atoms with van der Waals surface area (Å²) in [6.07, 6.45) is 0.719.